The van der Waals surface area contributed by atoms with Crippen molar-refractivity contribution in [3.63, 3.8) is 0 Å². The van der Waals surface area contributed by atoms with Gasteiger partial charge in [-0.15, -0.1) is 0 Å². The van der Waals surface area contributed by atoms with E-state index in [0.29, 0.717) is 11.8 Å². The zero-order valence-corrected chi connectivity index (χ0v) is 14.7. The van der Waals surface area contributed by atoms with Crippen LogP contribution in [0.1, 0.15) is 30.8 Å². The molecule has 2 aromatic heterocycles. The van der Waals surface area contributed by atoms with E-state index in [1.807, 2.05) is 33.0 Å². The monoisotopic (exact) mass is 324 g/mol. The number of aromatic nitrogens is 2. The van der Waals surface area contributed by atoms with Crippen LogP contribution in [0.3, 0.4) is 0 Å². The largest absolute Gasteiger partial charge is 0.345 e. The van der Waals surface area contributed by atoms with Crippen LogP contribution in [0, 0.1) is 31.6 Å². The zero-order valence-electron chi connectivity index (χ0n) is 14.7. The van der Waals surface area contributed by atoms with Crippen molar-refractivity contribution < 1.29 is 4.79 Å². The number of pyridine rings is 2. The Morgan fingerprint density at radius 2 is 2.00 bits per heavy atom. The highest BCUT2D eigenvalue weighted by molar-refractivity contribution is 5.87. The molecule has 1 saturated carbocycles. The first-order valence-corrected chi connectivity index (χ1v) is 8.64. The van der Waals surface area contributed by atoms with Crippen molar-refractivity contribution in [2.24, 2.45) is 17.8 Å². The summed E-state index contributed by atoms with van der Waals surface area (Å²) >= 11 is 0. The van der Waals surface area contributed by atoms with E-state index in [-0.39, 0.29) is 11.8 Å². The minimum Gasteiger partial charge on any atom is -0.345 e. The summed E-state index contributed by atoms with van der Waals surface area (Å²) < 4.78 is 0. The number of rotatable bonds is 3. The molecule has 2 N–H and O–H groups in total. The van der Waals surface area contributed by atoms with Gasteiger partial charge in [-0.25, -0.2) is 0 Å². The second kappa shape index (κ2) is 5.24. The van der Waals surface area contributed by atoms with Crippen molar-refractivity contribution >= 4 is 16.8 Å². The number of carbonyl (C=O) groups is 1. The predicted octanol–water partition coefficient (Wildman–Crippen LogP) is 2.06. The van der Waals surface area contributed by atoms with Crippen molar-refractivity contribution in [3.05, 3.63) is 35.3 Å². The van der Waals surface area contributed by atoms with Crippen molar-refractivity contribution in [1.82, 2.24) is 20.6 Å². The topological polar surface area (TPSA) is 66.9 Å². The number of carbonyl (C=O) groups excluding carboxylic acids is 1. The molecular formula is C19H24N4O. The normalized spacial score (nSPS) is 25.6. The first-order valence-electron chi connectivity index (χ1n) is 8.64. The van der Waals surface area contributed by atoms with Gasteiger partial charge in [0, 0.05) is 23.2 Å². The van der Waals surface area contributed by atoms with E-state index in [1.54, 1.807) is 0 Å². The molecule has 3 heterocycles. The molecule has 1 aliphatic carbocycles. The molecule has 0 aromatic carbocycles. The van der Waals surface area contributed by atoms with Crippen LogP contribution in [0.2, 0.25) is 0 Å². The SMILES string of the molecule is Cc1cc2c(C)ccnc2c(C(C)(C)NC(=O)[C@H]2[C@@H]3CNC[C@@H]32)n1. The number of nitrogens with one attached hydrogen (secondary N) is 2. The van der Waals surface area contributed by atoms with E-state index in [0.717, 1.165) is 35.4 Å². The van der Waals surface area contributed by atoms with Crippen molar-refractivity contribution in [2.75, 3.05) is 13.1 Å². The third kappa shape index (κ3) is 2.38. The molecule has 1 amide bonds. The average Bonchev–Trinajstić information content (AvgIpc) is 3.01. The Hall–Kier alpha value is -2.01. The summed E-state index contributed by atoms with van der Waals surface area (Å²) in [6.07, 6.45) is 1.81. The molecule has 2 aromatic rings. The Morgan fingerprint density at radius 1 is 1.29 bits per heavy atom. The van der Waals surface area contributed by atoms with Crippen molar-refractivity contribution in [2.45, 2.75) is 33.2 Å². The van der Waals surface area contributed by atoms with E-state index in [1.165, 1.54) is 5.56 Å². The molecule has 5 heteroatoms. The molecule has 1 aliphatic heterocycles. The minimum absolute atomic E-state index is 0.153. The maximum Gasteiger partial charge on any atom is 0.224 e. The summed E-state index contributed by atoms with van der Waals surface area (Å²) in [5, 5.41) is 7.68. The molecule has 0 spiro atoms. The summed E-state index contributed by atoms with van der Waals surface area (Å²) in [6.45, 7) is 10.0. The molecular weight excluding hydrogens is 300 g/mol. The van der Waals surface area contributed by atoms with Crippen LogP contribution in [0.25, 0.3) is 10.9 Å². The first kappa shape index (κ1) is 15.5. The predicted molar refractivity (Wildman–Crippen MR) is 93.5 cm³/mol. The van der Waals surface area contributed by atoms with Gasteiger partial charge >= 0.3 is 0 Å². The maximum absolute atomic E-state index is 12.7. The number of nitrogens with zero attached hydrogens (tertiary/aromatic N) is 2. The van der Waals surface area contributed by atoms with Crippen LogP contribution in [0.4, 0.5) is 0 Å². The number of amides is 1. The maximum atomic E-state index is 12.7. The lowest BCUT2D eigenvalue weighted by atomic mass is 9.95. The van der Waals surface area contributed by atoms with Gasteiger partial charge in [0.2, 0.25) is 5.91 Å². The third-order valence-corrected chi connectivity index (χ3v) is 5.50. The molecule has 24 heavy (non-hydrogen) atoms. The molecule has 0 bridgehead atoms. The molecule has 0 unspecified atom stereocenters. The molecule has 126 valence electrons. The minimum atomic E-state index is -0.549. The number of piperidine rings is 1. The van der Waals surface area contributed by atoms with Gasteiger partial charge in [-0.05, 0) is 70.3 Å². The van der Waals surface area contributed by atoms with Gasteiger partial charge in [0.15, 0.2) is 0 Å². The van der Waals surface area contributed by atoms with E-state index in [9.17, 15) is 4.79 Å². The van der Waals surface area contributed by atoms with Gasteiger partial charge in [-0.1, -0.05) is 0 Å². The Kier molecular flexibility index (Phi) is 3.39. The van der Waals surface area contributed by atoms with Gasteiger partial charge in [0.05, 0.1) is 16.7 Å². The van der Waals surface area contributed by atoms with Crippen LogP contribution in [-0.4, -0.2) is 29.0 Å². The highest BCUT2D eigenvalue weighted by atomic mass is 16.2. The Morgan fingerprint density at radius 3 is 2.71 bits per heavy atom. The smallest absolute Gasteiger partial charge is 0.224 e. The summed E-state index contributed by atoms with van der Waals surface area (Å²) in [4.78, 5) is 22.0. The Labute approximate surface area is 142 Å². The lowest BCUT2D eigenvalue weighted by Gasteiger charge is -2.27. The average molecular weight is 324 g/mol. The molecule has 3 atom stereocenters. The highest BCUT2D eigenvalue weighted by Gasteiger charge is 2.57. The number of fused-ring (bicyclic) bond motifs is 2. The fourth-order valence-corrected chi connectivity index (χ4v) is 4.10. The lowest BCUT2D eigenvalue weighted by molar-refractivity contribution is -0.124. The zero-order chi connectivity index (χ0) is 17.1. The van der Waals surface area contributed by atoms with Crippen LogP contribution >= 0.6 is 0 Å². The van der Waals surface area contributed by atoms with Crippen LogP contribution in [0.15, 0.2) is 18.3 Å². The molecule has 2 aliphatic rings. The Bertz CT molecular complexity index is 819. The van der Waals surface area contributed by atoms with Gasteiger partial charge in [0.1, 0.15) is 0 Å². The van der Waals surface area contributed by atoms with E-state index in [2.05, 4.69) is 28.6 Å². The second-order valence-electron chi connectivity index (χ2n) is 7.76. The quantitative estimate of drug-likeness (QED) is 0.907. The number of hydrogen-bond acceptors (Lipinski definition) is 4. The van der Waals surface area contributed by atoms with Gasteiger partial charge in [0.25, 0.3) is 0 Å². The summed E-state index contributed by atoms with van der Waals surface area (Å²) in [5.41, 5.74) is 3.30. The highest BCUT2D eigenvalue weighted by Crippen LogP contribution is 2.49. The van der Waals surface area contributed by atoms with E-state index >= 15 is 0 Å². The molecule has 2 fully saturated rings. The van der Waals surface area contributed by atoms with E-state index in [4.69, 9.17) is 4.98 Å². The standard InChI is InChI=1S/C19H24N4O/c1-10-5-6-21-16-12(10)7-11(2)22-17(16)19(3,4)23-18(24)15-13-8-20-9-14(13)15/h5-7,13-15,20H,8-9H2,1-4H3,(H,23,24)/t13-,14+,15+. The van der Waals surface area contributed by atoms with Gasteiger partial charge in [-0.2, -0.15) is 0 Å². The first-order chi connectivity index (χ1) is 11.4. The van der Waals surface area contributed by atoms with Crippen molar-refractivity contribution in [3.8, 4) is 0 Å². The van der Waals surface area contributed by atoms with E-state index < -0.39 is 5.54 Å². The van der Waals surface area contributed by atoms with Gasteiger partial charge < -0.3 is 10.6 Å². The van der Waals surface area contributed by atoms with Crippen LogP contribution < -0.4 is 10.6 Å². The van der Waals surface area contributed by atoms with Gasteiger partial charge in [-0.3, -0.25) is 14.8 Å². The Balaban J connectivity index is 1.68. The summed E-state index contributed by atoms with van der Waals surface area (Å²) in [6, 6.07) is 4.07. The molecule has 4 rings (SSSR count). The summed E-state index contributed by atoms with van der Waals surface area (Å²) in [5.74, 6) is 1.35. The number of hydrogen-bond donors (Lipinski definition) is 2. The fraction of sp³-hybridized carbons (Fsp3) is 0.526. The van der Waals surface area contributed by atoms with Crippen LogP contribution in [-0.2, 0) is 10.3 Å². The third-order valence-electron chi connectivity index (χ3n) is 5.50. The fourth-order valence-electron chi connectivity index (χ4n) is 4.10. The molecule has 0 radical (unpaired) electrons. The van der Waals surface area contributed by atoms with Crippen LogP contribution in [0.5, 0.6) is 0 Å². The second-order valence-corrected chi connectivity index (χ2v) is 7.76. The van der Waals surface area contributed by atoms with Crippen molar-refractivity contribution in [1.29, 1.82) is 0 Å². The lowest BCUT2D eigenvalue weighted by Crippen LogP contribution is -2.44. The summed E-state index contributed by atoms with van der Waals surface area (Å²) in [7, 11) is 0. The molecule has 1 saturated heterocycles. The number of aryl methyl sites for hydroxylation is 2. The molecule has 5 nitrogen and oxygen atoms in total.